The monoisotopic (exact) mass is 322 g/mol. The third kappa shape index (κ3) is 3.14. The topological polar surface area (TPSA) is 9.23 Å². The molecule has 1 spiro atoms. The van der Waals surface area contributed by atoms with E-state index in [0.29, 0.717) is 5.34 Å². The molecular weight excluding hydrogens is 287 g/mol. The molecule has 22 heavy (non-hydrogen) atoms. The van der Waals surface area contributed by atoms with Gasteiger partial charge in [-0.15, -0.1) is 0 Å². The van der Waals surface area contributed by atoms with Crippen molar-refractivity contribution in [2.45, 2.75) is 82.9 Å². The Morgan fingerprint density at radius 2 is 1.55 bits per heavy atom. The Labute approximate surface area is 139 Å². The van der Waals surface area contributed by atoms with Crippen molar-refractivity contribution in [3.63, 3.8) is 0 Å². The second kappa shape index (κ2) is 6.72. The summed E-state index contributed by atoms with van der Waals surface area (Å²) in [5.74, 6) is 5.31. The second-order valence-corrected chi connectivity index (χ2v) is 10.5. The molecule has 0 aromatic rings. The van der Waals surface area contributed by atoms with Gasteiger partial charge in [0.25, 0.3) is 0 Å². The van der Waals surface area contributed by atoms with Crippen molar-refractivity contribution in [2.24, 2.45) is 29.6 Å². The van der Waals surface area contributed by atoms with E-state index in [0.717, 1.165) is 44.8 Å². The molecule has 0 aromatic carbocycles. The van der Waals surface area contributed by atoms with Crippen LogP contribution in [0.1, 0.15) is 77.6 Å². The summed E-state index contributed by atoms with van der Waals surface area (Å²) in [7, 11) is 1.09. The van der Waals surface area contributed by atoms with Crippen LogP contribution in [0.2, 0.25) is 0 Å². The van der Waals surface area contributed by atoms with Gasteiger partial charge in [-0.25, -0.2) is 0 Å². The van der Waals surface area contributed by atoms with Gasteiger partial charge in [-0.2, -0.15) is 0 Å². The zero-order valence-electron chi connectivity index (χ0n) is 14.5. The Bertz CT molecular complexity index is 374. The summed E-state index contributed by atoms with van der Waals surface area (Å²) in [5, 5.41) is 0.327. The molecule has 3 saturated carbocycles. The molecule has 0 aromatic heterocycles. The Morgan fingerprint density at radius 3 is 2.23 bits per heavy atom. The lowest BCUT2D eigenvalue weighted by atomic mass is 9.60. The minimum Gasteiger partial charge on any atom is -0.371 e. The maximum Gasteiger partial charge on any atom is 0.0841 e. The standard InChI is InChI=1S/C20H35OP/c1-2-15-7-10-20(11-8-15)21-12-9-19(14-22-20)18-6-4-16-3-5-17(16)13-18/h15-19,22H,2-14H2,1H3. The molecule has 0 amide bonds. The maximum atomic E-state index is 6.52. The van der Waals surface area contributed by atoms with Gasteiger partial charge in [0, 0.05) is 6.61 Å². The van der Waals surface area contributed by atoms with Crippen LogP contribution >= 0.6 is 8.58 Å². The number of fused-ring (bicyclic) bond motifs is 1. The van der Waals surface area contributed by atoms with Gasteiger partial charge in [0.2, 0.25) is 0 Å². The van der Waals surface area contributed by atoms with E-state index in [2.05, 4.69) is 6.92 Å². The second-order valence-electron chi connectivity index (χ2n) is 8.79. The summed E-state index contributed by atoms with van der Waals surface area (Å²) in [6.07, 6.45) is 17.6. The summed E-state index contributed by atoms with van der Waals surface area (Å²) in [6, 6.07) is 0. The normalized spacial score (nSPS) is 50.3. The summed E-state index contributed by atoms with van der Waals surface area (Å²) in [5.41, 5.74) is 0. The highest BCUT2D eigenvalue weighted by molar-refractivity contribution is 7.39. The van der Waals surface area contributed by atoms with Crippen LogP contribution in [-0.4, -0.2) is 18.1 Å². The van der Waals surface area contributed by atoms with E-state index in [4.69, 9.17) is 4.74 Å². The zero-order valence-corrected chi connectivity index (χ0v) is 15.5. The molecule has 2 heteroatoms. The first-order chi connectivity index (χ1) is 10.8. The highest BCUT2D eigenvalue weighted by atomic mass is 31.1. The Balaban J connectivity index is 1.32. The van der Waals surface area contributed by atoms with E-state index >= 15 is 0 Å². The van der Waals surface area contributed by atoms with Gasteiger partial charge in [0.05, 0.1) is 5.34 Å². The van der Waals surface area contributed by atoms with Crippen LogP contribution in [0, 0.1) is 29.6 Å². The van der Waals surface area contributed by atoms with Crippen LogP contribution in [0.4, 0.5) is 0 Å². The SMILES string of the molecule is CCC1CCC2(CC1)OCCC(C1CCC3CCC3C1)CP2. The minimum absolute atomic E-state index is 0.327. The van der Waals surface area contributed by atoms with Crippen LogP contribution in [0.15, 0.2) is 0 Å². The quantitative estimate of drug-likeness (QED) is 0.582. The molecule has 4 rings (SSSR count). The number of hydrogen-bond acceptors (Lipinski definition) is 1. The summed E-state index contributed by atoms with van der Waals surface area (Å²) >= 11 is 0. The van der Waals surface area contributed by atoms with Crippen LogP contribution < -0.4 is 0 Å². The summed E-state index contributed by atoms with van der Waals surface area (Å²) in [6.45, 7) is 3.44. The van der Waals surface area contributed by atoms with Crippen LogP contribution in [0.25, 0.3) is 0 Å². The highest BCUT2D eigenvalue weighted by Gasteiger charge is 2.42. The third-order valence-corrected chi connectivity index (χ3v) is 9.82. The van der Waals surface area contributed by atoms with Crippen molar-refractivity contribution < 1.29 is 4.74 Å². The Hall–Kier alpha value is 0.390. The highest BCUT2D eigenvalue weighted by Crippen LogP contribution is 2.54. The van der Waals surface area contributed by atoms with E-state index in [1.54, 1.807) is 32.1 Å². The molecule has 1 aliphatic heterocycles. The van der Waals surface area contributed by atoms with Gasteiger partial charge in [0.1, 0.15) is 0 Å². The first-order valence-electron chi connectivity index (χ1n) is 10.2. The van der Waals surface area contributed by atoms with Gasteiger partial charge in [-0.1, -0.05) is 21.9 Å². The van der Waals surface area contributed by atoms with E-state index < -0.39 is 0 Å². The zero-order chi connectivity index (χ0) is 15.0. The molecule has 5 atom stereocenters. The predicted octanol–water partition coefficient (Wildman–Crippen LogP) is 5.82. The fourth-order valence-electron chi connectivity index (χ4n) is 5.84. The van der Waals surface area contributed by atoms with E-state index in [1.807, 2.05) is 0 Å². The van der Waals surface area contributed by atoms with Crippen LogP contribution in [0.3, 0.4) is 0 Å². The number of rotatable bonds is 2. The lowest BCUT2D eigenvalue weighted by Crippen LogP contribution is -2.35. The molecule has 0 N–H and O–H groups in total. The van der Waals surface area contributed by atoms with E-state index in [1.165, 1.54) is 44.7 Å². The maximum absolute atomic E-state index is 6.52. The average Bonchev–Trinajstić information content (AvgIpc) is 2.73. The Kier molecular flexibility index (Phi) is 4.85. The van der Waals surface area contributed by atoms with Gasteiger partial charge in [-0.3, -0.25) is 0 Å². The fraction of sp³-hybridized carbons (Fsp3) is 1.00. The molecule has 4 fully saturated rings. The third-order valence-electron chi connectivity index (χ3n) is 7.80. The van der Waals surface area contributed by atoms with E-state index in [9.17, 15) is 0 Å². The molecule has 126 valence electrons. The fourth-order valence-corrected chi connectivity index (χ4v) is 7.86. The van der Waals surface area contributed by atoms with Crippen LogP contribution in [0.5, 0.6) is 0 Å². The molecule has 3 aliphatic carbocycles. The Morgan fingerprint density at radius 1 is 0.864 bits per heavy atom. The van der Waals surface area contributed by atoms with Gasteiger partial charge in [0.15, 0.2) is 0 Å². The molecule has 4 aliphatic rings. The van der Waals surface area contributed by atoms with Gasteiger partial charge >= 0.3 is 0 Å². The molecule has 1 nitrogen and oxygen atoms in total. The first kappa shape index (κ1) is 15.9. The van der Waals surface area contributed by atoms with Crippen LogP contribution in [-0.2, 0) is 4.74 Å². The van der Waals surface area contributed by atoms with Gasteiger partial charge < -0.3 is 4.74 Å². The molecule has 1 heterocycles. The molecule has 0 radical (unpaired) electrons. The summed E-state index contributed by atoms with van der Waals surface area (Å²) < 4.78 is 6.52. The van der Waals surface area contributed by atoms with Crippen molar-refractivity contribution in [3.05, 3.63) is 0 Å². The summed E-state index contributed by atoms with van der Waals surface area (Å²) in [4.78, 5) is 0. The number of ether oxygens (including phenoxy) is 1. The smallest absolute Gasteiger partial charge is 0.0841 e. The molecule has 5 unspecified atom stereocenters. The lowest BCUT2D eigenvalue weighted by molar-refractivity contribution is -0.0169. The van der Waals surface area contributed by atoms with E-state index in [-0.39, 0.29) is 0 Å². The van der Waals surface area contributed by atoms with Crippen molar-refractivity contribution in [2.75, 3.05) is 12.8 Å². The molecule has 0 bridgehead atoms. The molecular formula is C20H35OP. The van der Waals surface area contributed by atoms with Crippen molar-refractivity contribution in [1.82, 2.24) is 0 Å². The van der Waals surface area contributed by atoms with Crippen molar-refractivity contribution >= 4 is 8.58 Å². The average molecular weight is 322 g/mol. The van der Waals surface area contributed by atoms with Gasteiger partial charge in [-0.05, 0) is 100.0 Å². The lowest BCUT2D eigenvalue weighted by Gasteiger charge is -2.46. The van der Waals surface area contributed by atoms with Crippen molar-refractivity contribution in [1.29, 1.82) is 0 Å². The number of hydrogen-bond donors (Lipinski definition) is 0. The molecule has 1 saturated heterocycles. The van der Waals surface area contributed by atoms with Crippen molar-refractivity contribution in [3.8, 4) is 0 Å². The largest absolute Gasteiger partial charge is 0.371 e. The minimum atomic E-state index is 0.327. The first-order valence-corrected chi connectivity index (χ1v) is 11.4. The predicted molar refractivity (Wildman–Crippen MR) is 95.8 cm³/mol.